The minimum absolute atomic E-state index is 0.143. The molecule has 0 bridgehead atoms. The predicted octanol–water partition coefficient (Wildman–Crippen LogP) is 3.64. The van der Waals surface area contributed by atoms with Crippen molar-refractivity contribution in [3.05, 3.63) is 59.4 Å². The SMILES string of the molecule is N#C/C(=C(/O)c1ccccn1)c1nc2ccccc2s1. The summed E-state index contributed by atoms with van der Waals surface area (Å²) in [5.41, 5.74) is 1.32. The van der Waals surface area contributed by atoms with E-state index in [1.807, 2.05) is 30.3 Å². The normalized spacial score (nSPS) is 11.9. The fourth-order valence-corrected chi connectivity index (χ4v) is 2.77. The third-order valence-corrected chi connectivity index (χ3v) is 3.82. The molecule has 4 nitrogen and oxygen atoms in total. The Labute approximate surface area is 119 Å². The molecular weight excluding hydrogens is 270 g/mol. The van der Waals surface area contributed by atoms with Crippen molar-refractivity contribution in [1.29, 1.82) is 5.26 Å². The first-order valence-corrected chi connectivity index (χ1v) is 6.72. The van der Waals surface area contributed by atoms with Crippen LogP contribution < -0.4 is 0 Å². The van der Waals surface area contributed by atoms with Crippen molar-refractivity contribution < 1.29 is 5.11 Å². The minimum atomic E-state index is -0.146. The van der Waals surface area contributed by atoms with Crippen molar-refractivity contribution in [3.8, 4) is 6.07 Å². The Hall–Kier alpha value is -2.71. The number of pyridine rings is 1. The molecule has 0 unspecified atom stereocenters. The maximum absolute atomic E-state index is 10.2. The van der Waals surface area contributed by atoms with Crippen LogP contribution >= 0.6 is 11.3 Å². The first kappa shape index (κ1) is 12.3. The highest BCUT2D eigenvalue weighted by Gasteiger charge is 2.15. The van der Waals surface area contributed by atoms with E-state index in [0.29, 0.717) is 10.7 Å². The van der Waals surface area contributed by atoms with Gasteiger partial charge in [-0.2, -0.15) is 5.26 Å². The molecule has 0 saturated carbocycles. The van der Waals surface area contributed by atoms with Crippen molar-refractivity contribution in [2.45, 2.75) is 0 Å². The molecule has 0 amide bonds. The maximum atomic E-state index is 10.2. The molecule has 5 heteroatoms. The lowest BCUT2D eigenvalue weighted by atomic mass is 10.2. The van der Waals surface area contributed by atoms with Crippen LogP contribution in [0.4, 0.5) is 0 Å². The van der Waals surface area contributed by atoms with Gasteiger partial charge in [-0.05, 0) is 24.3 Å². The van der Waals surface area contributed by atoms with Gasteiger partial charge in [-0.25, -0.2) is 4.98 Å². The van der Waals surface area contributed by atoms with E-state index in [9.17, 15) is 10.4 Å². The topological polar surface area (TPSA) is 69.8 Å². The Morgan fingerprint density at radius 2 is 1.95 bits per heavy atom. The second-order valence-electron chi connectivity index (χ2n) is 4.04. The van der Waals surface area contributed by atoms with Gasteiger partial charge in [0.15, 0.2) is 5.76 Å². The lowest BCUT2D eigenvalue weighted by Gasteiger charge is -2.00. The summed E-state index contributed by atoms with van der Waals surface area (Å²) >= 11 is 1.37. The van der Waals surface area contributed by atoms with E-state index in [0.717, 1.165) is 10.2 Å². The Bertz CT molecular complexity index is 798. The minimum Gasteiger partial charge on any atom is -0.504 e. The average Bonchev–Trinajstić information content (AvgIpc) is 2.92. The van der Waals surface area contributed by atoms with Crippen molar-refractivity contribution in [1.82, 2.24) is 9.97 Å². The van der Waals surface area contributed by atoms with Gasteiger partial charge in [-0.1, -0.05) is 18.2 Å². The zero-order chi connectivity index (χ0) is 13.9. The summed E-state index contributed by atoms with van der Waals surface area (Å²) in [7, 11) is 0. The quantitative estimate of drug-likeness (QED) is 0.574. The summed E-state index contributed by atoms with van der Waals surface area (Å²) in [4.78, 5) is 8.43. The van der Waals surface area contributed by atoms with E-state index in [1.54, 1.807) is 24.4 Å². The second-order valence-corrected chi connectivity index (χ2v) is 5.07. The number of thiazole rings is 1. The number of para-hydroxylation sites is 1. The van der Waals surface area contributed by atoms with Gasteiger partial charge in [-0.15, -0.1) is 11.3 Å². The number of aliphatic hydroxyl groups excluding tert-OH is 1. The Balaban J connectivity index is 2.17. The van der Waals surface area contributed by atoms with Gasteiger partial charge < -0.3 is 5.11 Å². The lowest BCUT2D eigenvalue weighted by molar-refractivity contribution is 0.511. The Kier molecular flexibility index (Phi) is 3.15. The molecule has 0 radical (unpaired) electrons. The van der Waals surface area contributed by atoms with Crippen LogP contribution in [0, 0.1) is 11.3 Å². The molecule has 1 N–H and O–H groups in total. The van der Waals surface area contributed by atoms with Gasteiger partial charge in [0, 0.05) is 6.20 Å². The maximum Gasteiger partial charge on any atom is 0.162 e. The second kappa shape index (κ2) is 5.11. The summed E-state index contributed by atoms with van der Waals surface area (Å²) in [5.74, 6) is -0.146. The summed E-state index contributed by atoms with van der Waals surface area (Å²) in [5, 5.41) is 20.0. The molecule has 1 aromatic carbocycles. The van der Waals surface area contributed by atoms with Gasteiger partial charge >= 0.3 is 0 Å². The van der Waals surface area contributed by atoms with Gasteiger partial charge in [0.1, 0.15) is 22.3 Å². The third-order valence-electron chi connectivity index (χ3n) is 2.76. The van der Waals surface area contributed by atoms with E-state index < -0.39 is 0 Å². The van der Waals surface area contributed by atoms with Crippen LogP contribution in [0.15, 0.2) is 48.7 Å². The van der Waals surface area contributed by atoms with Crippen LogP contribution in [0.25, 0.3) is 21.5 Å². The first-order chi connectivity index (χ1) is 9.79. The van der Waals surface area contributed by atoms with Crippen LogP contribution in [0.3, 0.4) is 0 Å². The number of aliphatic hydroxyl groups is 1. The zero-order valence-corrected chi connectivity index (χ0v) is 11.1. The van der Waals surface area contributed by atoms with Gasteiger partial charge in [0.05, 0.1) is 10.2 Å². The van der Waals surface area contributed by atoms with Crippen LogP contribution in [0.2, 0.25) is 0 Å². The lowest BCUT2D eigenvalue weighted by Crippen LogP contribution is -1.92. The highest BCUT2D eigenvalue weighted by molar-refractivity contribution is 7.19. The molecule has 2 heterocycles. The third kappa shape index (κ3) is 2.13. The van der Waals surface area contributed by atoms with Crippen LogP contribution in [-0.4, -0.2) is 15.1 Å². The highest BCUT2D eigenvalue weighted by Crippen LogP contribution is 2.30. The molecule has 2 aromatic heterocycles. The largest absolute Gasteiger partial charge is 0.504 e. The fourth-order valence-electron chi connectivity index (χ4n) is 1.81. The highest BCUT2D eigenvalue weighted by atomic mass is 32.1. The molecule has 0 saturated heterocycles. The molecule has 0 aliphatic heterocycles. The average molecular weight is 279 g/mol. The van der Waals surface area contributed by atoms with E-state index >= 15 is 0 Å². The molecule has 0 aliphatic rings. The van der Waals surface area contributed by atoms with E-state index in [2.05, 4.69) is 9.97 Å². The van der Waals surface area contributed by atoms with Crippen LogP contribution in [0.5, 0.6) is 0 Å². The van der Waals surface area contributed by atoms with Crippen LogP contribution in [-0.2, 0) is 0 Å². The molecule has 0 fully saturated rings. The molecule has 0 spiro atoms. The number of nitrogens with zero attached hydrogens (tertiary/aromatic N) is 3. The summed E-state index contributed by atoms with van der Waals surface area (Å²) < 4.78 is 0.976. The number of benzene rings is 1. The number of aromatic nitrogens is 2. The van der Waals surface area contributed by atoms with Crippen LogP contribution in [0.1, 0.15) is 10.7 Å². The number of hydrogen-bond acceptors (Lipinski definition) is 5. The molecule has 3 aromatic rings. The summed E-state index contributed by atoms with van der Waals surface area (Å²) in [6.07, 6.45) is 1.57. The summed E-state index contributed by atoms with van der Waals surface area (Å²) in [6, 6.07) is 14.8. The molecule has 96 valence electrons. The standard InChI is InChI=1S/C15H9N3OS/c16-9-10(14(19)12-6-3-4-8-17-12)15-18-11-5-1-2-7-13(11)20-15/h1-8,19H/b14-10-. The van der Waals surface area contributed by atoms with Crippen molar-refractivity contribution in [2.24, 2.45) is 0 Å². The smallest absolute Gasteiger partial charge is 0.162 e. The number of rotatable bonds is 2. The zero-order valence-electron chi connectivity index (χ0n) is 10.3. The molecule has 0 aliphatic carbocycles. The van der Waals surface area contributed by atoms with Crippen molar-refractivity contribution in [2.75, 3.05) is 0 Å². The van der Waals surface area contributed by atoms with Gasteiger partial charge in [-0.3, -0.25) is 4.98 Å². The number of fused-ring (bicyclic) bond motifs is 1. The predicted molar refractivity (Wildman–Crippen MR) is 78.9 cm³/mol. The fraction of sp³-hybridized carbons (Fsp3) is 0. The molecule has 20 heavy (non-hydrogen) atoms. The Morgan fingerprint density at radius 1 is 1.15 bits per heavy atom. The van der Waals surface area contributed by atoms with Gasteiger partial charge in [0.25, 0.3) is 0 Å². The number of nitriles is 1. The van der Waals surface area contributed by atoms with Gasteiger partial charge in [0.2, 0.25) is 0 Å². The van der Waals surface area contributed by atoms with Crippen molar-refractivity contribution in [3.63, 3.8) is 0 Å². The monoisotopic (exact) mass is 279 g/mol. The summed E-state index contributed by atoms with van der Waals surface area (Å²) in [6.45, 7) is 0. The number of allylic oxidation sites excluding steroid dienone is 1. The first-order valence-electron chi connectivity index (χ1n) is 5.90. The van der Waals surface area contributed by atoms with Crippen molar-refractivity contribution >= 4 is 32.9 Å². The molecular formula is C15H9N3OS. The number of hydrogen-bond donors (Lipinski definition) is 1. The Morgan fingerprint density at radius 3 is 2.65 bits per heavy atom. The van der Waals surface area contributed by atoms with E-state index in [4.69, 9.17) is 0 Å². The van der Waals surface area contributed by atoms with E-state index in [1.165, 1.54) is 11.3 Å². The molecule has 0 atom stereocenters. The molecule has 3 rings (SSSR count). The van der Waals surface area contributed by atoms with E-state index in [-0.39, 0.29) is 11.3 Å².